The Hall–Kier alpha value is -3.42. The van der Waals surface area contributed by atoms with Gasteiger partial charge in [0.15, 0.2) is 6.10 Å². The Bertz CT molecular complexity index is 943. The molecule has 1 heterocycles. The average Bonchev–Trinajstić information content (AvgIpc) is 3.02. The van der Waals surface area contributed by atoms with Gasteiger partial charge in [-0.05, 0) is 44.0 Å². The second kappa shape index (κ2) is 7.67. The Kier molecular flexibility index (Phi) is 5.30. The molecule has 0 saturated carbocycles. The third-order valence-electron chi connectivity index (χ3n) is 4.78. The van der Waals surface area contributed by atoms with Crippen LogP contribution in [-0.2, 0) is 16.0 Å². The summed E-state index contributed by atoms with van der Waals surface area (Å²) < 4.78 is 5.31. The lowest BCUT2D eigenvalue weighted by Crippen LogP contribution is -2.43. The average molecular weight is 383 g/mol. The van der Waals surface area contributed by atoms with E-state index in [1.165, 1.54) is 19.1 Å². The lowest BCUT2D eigenvalue weighted by atomic mass is 10.1. The Morgan fingerprint density at radius 3 is 2.68 bits per heavy atom. The summed E-state index contributed by atoms with van der Waals surface area (Å²) in [5.41, 5.74) is 1.95. The topological polar surface area (TPSA) is 102 Å². The number of anilines is 2. The Labute approximate surface area is 162 Å². The number of esters is 1. The van der Waals surface area contributed by atoms with Gasteiger partial charge in [0.2, 0.25) is 0 Å². The van der Waals surface area contributed by atoms with Crippen molar-refractivity contribution in [3.8, 4) is 0 Å². The molecule has 28 heavy (non-hydrogen) atoms. The summed E-state index contributed by atoms with van der Waals surface area (Å²) in [6.07, 6.45) is -0.288. The predicted molar refractivity (Wildman–Crippen MR) is 105 cm³/mol. The molecule has 146 valence electrons. The van der Waals surface area contributed by atoms with Crippen molar-refractivity contribution in [2.45, 2.75) is 32.4 Å². The largest absolute Gasteiger partial charge is 0.449 e. The zero-order valence-corrected chi connectivity index (χ0v) is 15.8. The molecule has 1 amide bonds. The van der Waals surface area contributed by atoms with E-state index < -0.39 is 17.0 Å². The predicted octanol–water partition coefficient (Wildman–Crippen LogP) is 3.16. The first-order valence-electron chi connectivity index (χ1n) is 8.91. The number of carbonyl (C=O) groups excluding carboxylic acids is 2. The van der Waals surface area contributed by atoms with Crippen molar-refractivity contribution in [3.05, 3.63) is 63.7 Å². The summed E-state index contributed by atoms with van der Waals surface area (Å²) in [5.74, 6) is -1.11. The summed E-state index contributed by atoms with van der Waals surface area (Å²) in [6.45, 7) is 3.44. The molecule has 8 heteroatoms. The lowest BCUT2D eigenvalue weighted by molar-refractivity contribution is -0.384. The molecule has 8 nitrogen and oxygen atoms in total. The van der Waals surface area contributed by atoms with Gasteiger partial charge in [-0.2, -0.15) is 0 Å². The highest BCUT2D eigenvalue weighted by Crippen LogP contribution is 2.32. The number of para-hydroxylation sites is 1. The second-order valence-electron chi connectivity index (χ2n) is 6.68. The minimum atomic E-state index is -1.02. The van der Waals surface area contributed by atoms with Crippen molar-refractivity contribution in [1.29, 1.82) is 0 Å². The van der Waals surface area contributed by atoms with Crippen LogP contribution in [0.1, 0.15) is 29.8 Å². The summed E-state index contributed by atoms with van der Waals surface area (Å²) in [6, 6.07) is 11.6. The monoisotopic (exact) mass is 383 g/mol. The first kappa shape index (κ1) is 19.3. The molecule has 2 aromatic rings. The van der Waals surface area contributed by atoms with E-state index in [2.05, 4.69) is 5.32 Å². The van der Waals surface area contributed by atoms with Crippen LogP contribution in [0.3, 0.4) is 0 Å². The van der Waals surface area contributed by atoms with Crippen LogP contribution in [0.15, 0.2) is 42.5 Å². The summed E-state index contributed by atoms with van der Waals surface area (Å²) in [4.78, 5) is 37.6. The van der Waals surface area contributed by atoms with Crippen LogP contribution in [0.5, 0.6) is 0 Å². The first-order valence-corrected chi connectivity index (χ1v) is 8.91. The van der Waals surface area contributed by atoms with Gasteiger partial charge < -0.3 is 15.0 Å². The summed E-state index contributed by atoms with van der Waals surface area (Å²) in [5, 5.41) is 13.9. The van der Waals surface area contributed by atoms with Crippen LogP contribution < -0.4 is 10.2 Å². The molecule has 0 saturated heterocycles. The van der Waals surface area contributed by atoms with Gasteiger partial charge in [0.05, 0.1) is 10.5 Å². The van der Waals surface area contributed by atoms with Crippen LogP contribution in [0, 0.1) is 10.1 Å². The number of hydrogen-bond donors (Lipinski definition) is 1. The van der Waals surface area contributed by atoms with Gasteiger partial charge >= 0.3 is 5.97 Å². The molecule has 1 aliphatic rings. The summed E-state index contributed by atoms with van der Waals surface area (Å²) in [7, 11) is 1.55. The molecule has 0 unspecified atom stereocenters. The van der Waals surface area contributed by atoms with Crippen molar-refractivity contribution < 1.29 is 19.2 Å². The molecule has 0 fully saturated rings. The van der Waals surface area contributed by atoms with Gasteiger partial charge in [0.1, 0.15) is 5.69 Å². The fourth-order valence-corrected chi connectivity index (χ4v) is 3.40. The minimum Gasteiger partial charge on any atom is -0.449 e. The zero-order valence-electron chi connectivity index (χ0n) is 15.8. The number of hydrogen-bond acceptors (Lipinski definition) is 6. The number of rotatable bonds is 5. The third kappa shape index (κ3) is 3.53. The lowest BCUT2D eigenvalue weighted by Gasteiger charge is -2.25. The van der Waals surface area contributed by atoms with Crippen molar-refractivity contribution in [1.82, 2.24) is 0 Å². The maximum atomic E-state index is 12.9. The maximum Gasteiger partial charge on any atom is 0.339 e. The van der Waals surface area contributed by atoms with E-state index in [4.69, 9.17) is 4.74 Å². The molecular formula is C20H21N3O5. The van der Waals surface area contributed by atoms with Gasteiger partial charge in [0, 0.05) is 24.8 Å². The first-order chi connectivity index (χ1) is 13.3. The highest BCUT2D eigenvalue weighted by Gasteiger charge is 2.34. The van der Waals surface area contributed by atoms with E-state index in [0.29, 0.717) is 0 Å². The molecule has 0 aromatic heterocycles. The summed E-state index contributed by atoms with van der Waals surface area (Å²) >= 11 is 0. The van der Waals surface area contributed by atoms with Crippen molar-refractivity contribution in [3.63, 3.8) is 0 Å². The van der Waals surface area contributed by atoms with E-state index in [1.807, 2.05) is 31.2 Å². The van der Waals surface area contributed by atoms with E-state index in [1.54, 1.807) is 11.9 Å². The highest BCUT2D eigenvalue weighted by molar-refractivity contribution is 6.01. The molecule has 0 aliphatic carbocycles. The van der Waals surface area contributed by atoms with E-state index in [-0.39, 0.29) is 28.9 Å². The van der Waals surface area contributed by atoms with Gasteiger partial charge in [0.25, 0.3) is 11.6 Å². The number of nitrogens with zero attached hydrogens (tertiary/aromatic N) is 2. The number of amides is 1. The number of fused-ring (bicyclic) bond motifs is 1. The molecule has 0 radical (unpaired) electrons. The number of ether oxygens (including phenoxy) is 1. The van der Waals surface area contributed by atoms with Crippen LogP contribution in [0.4, 0.5) is 17.1 Å². The molecule has 0 bridgehead atoms. The zero-order chi connectivity index (χ0) is 20.4. The molecule has 2 atom stereocenters. The van der Waals surface area contributed by atoms with E-state index >= 15 is 0 Å². The van der Waals surface area contributed by atoms with Gasteiger partial charge in [-0.25, -0.2) is 4.79 Å². The second-order valence-corrected chi connectivity index (χ2v) is 6.68. The molecule has 1 aliphatic heterocycles. The SMILES string of the molecule is CNc1ccc(C(=O)O[C@@H](C)C(=O)N2c3ccccc3C[C@@H]2C)cc1[N+](=O)[O-]. The number of nitrogens with one attached hydrogen (secondary N) is 1. The maximum absolute atomic E-state index is 12.9. The van der Waals surface area contributed by atoms with Crippen LogP contribution >= 0.6 is 0 Å². The van der Waals surface area contributed by atoms with Crippen LogP contribution in [0.2, 0.25) is 0 Å². The number of benzene rings is 2. The molecular weight excluding hydrogens is 362 g/mol. The van der Waals surface area contributed by atoms with Gasteiger partial charge in [-0.3, -0.25) is 14.9 Å². The third-order valence-corrected chi connectivity index (χ3v) is 4.78. The van der Waals surface area contributed by atoms with E-state index in [9.17, 15) is 19.7 Å². The minimum absolute atomic E-state index is 0.0141. The Morgan fingerprint density at radius 1 is 1.29 bits per heavy atom. The standard InChI is InChI=1S/C20H21N3O5/c1-12-10-14-6-4-5-7-17(14)22(12)19(24)13(2)28-20(25)15-8-9-16(21-3)18(11-15)23(26)27/h4-9,11-13,21H,10H2,1-3H3/t12-,13-/m0/s1. The Balaban J connectivity index is 1.77. The number of nitro groups is 1. The molecule has 1 N–H and O–H groups in total. The van der Waals surface area contributed by atoms with Crippen LogP contribution in [-0.4, -0.2) is 36.0 Å². The van der Waals surface area contributed by atoms with E-state index in [0.717, 1.165) is 23.7 Å². The normalized spacial score (nSPS) is 16.2. The van der Waals surface area contributed by atoms with Gasteiger partial charge in [-0.1, -0.05) is 18.2 Å². The fraction of sp³-hybridized carbons (Fsp3) is 0.300. The van der Waals surface area contributed by atoms with Crippen molar-refractivity contribution in [2.24, 2.45) is 0 Å². The number of carbonyl (C=O) groups is 2. The smallest absolute Gasteiger partial charge is 0.339 e. The molecule has 0 spiro atoms. The van der Waals surface area contributed by atoms with Gasteiger partial charge in [-0.15, -0.1) is 0 Å². The van der Waals surface area contributed by atoms with Crippen LogP contribution in [0.25, 0.3) is 0 Å². The molecule has 2 aromatic carbocycles. The Morgan fingerprint density at radius 2 is 2.00 bits per heavy atom. The number of nitro benzene ring substituents is 1. The fourth-order valence-electron chi connectivity index (χ4n) is 3.40. The van der Waals surface area contributed by atoms with Crippen molar-refractivity contribution in [2.75, 3.05) is 17.3 Å². The quantitative estimate of drug-likeness (QED) is 0.483. The highest BCUT2D eigenvalue weighted by atomic mass is 16.6. The molecule has 3 rings (SSSR count). The van der Waals surface area contributed by atoms with Crippen molar-refractivity contribution >= 4 is 28.9 Å².